The van der Waals surface area contributed by atoms with Gasteiger partial charge < -0.3 is 10.6 Å². The van der Waals surface area contributed by atoms with E-state index in [0.29, 0.717) is 11.1 Å². The van der Waals surface area contributed by atoms with Crippen LogP contribution in [-0.2, 0) is 12.8 Å². The molecule has 0 fully saturated rings. The maximum atomic E-state index is 12.8. The maximum absolute atomic E-state index is 12.8. The Bertz CT molecular complexity index is 761. The molecule has 4 nitrogen and oxygen atoms in total. The van der Waals surface area contributed by atoms with Crippen LogP contribution >= 0.6 is 0 Å². The molecule has 0 aliphatic rings. The molecule has 2 N–H and O–H groups in total. The van der Waals surface area contributed by atoms with Gasteiger partial charge in [-0.3, -0.25) is 9.59 Å². The smallest absolute Gasteiger partial charge is 0.255 e. The van der Waals surface area contributed by atoms with Crippen LogP contribution in [0.4, 0.5) is 5.69 Å². The van der Waals surface area contributed by atoms with Crippen molar-refractivity contribution in [3.63, 3.8) is 0 Å². The summed E-state index contributed by atoms with van der Waals surface area (Å²) in [6.45, 7) is 8.13. The second-order valence-corrected chi connectivity index (χ2v) is 6.48. The van der Waals surface area contributed by atoms with Crippen LogP contribution in [-0.4, -0.2) is 17.9 Å². The molecule has 0 aliphatic heterocycles. The summed E-state index contributed by atoms with van der Waals surface area (Å²) in [6.07, 6.45) is 2.56. The Balaban J connectivity index is 2.24. The number of nitrogens with one attached hydrogen (secondary N) is 2. The molecule has 2 aromatic rings. The number of hydrogen-bond donors (Lipinski definition) is 2. The topological polar surface area (TPSA) is 58.2 Å². The first-order valence-corrected chi connectivity index (χ1v) is 9.33. The van der Waals surface area contributed by atoms with E-state index in [2.05, 4.69) is 24.5 Å². The van der Waals surface area contributed by atoms with Crippen molar-refractivity contribution in [1.29, 1.82) is 0 Å². The summed E-state index contributed by atoms with van der Waals surface area (Å²) in [5, 5.41) is 5.97. The standard InChI is InChI=1S/C22H28N2O2/c1-5-15(4)23-21(25)18-12-9-13-19(14-18)22(26)24-20-16(6-2)10-8-11-17(20)7-3/h8-15H,5-7H2,1-4H3,(H,23,25)(H,24,26). The summed E-state index contributed by atoms with van der Waals surface area (Å²) in [4.78, 5) is 25.1. The Kier molecular flexibility index (Phi) is 6.96. The van der Waals surface area contributed by atoms with Gasteiger partial charge in [0.05, 0.1) is 0 Å². The minimum absolute atomic E-state index is 0.100. The Morgan fingerprint density at radius 3 is 1.96 bits per heavy atom. The molecule has 0 bridgehead atoms. The Morgan fingerprint density at radius 1 is 0.885 bits per heavy atom. The van der Waals surface area contributed by atoms with E-state index < -0.39 is 0 Å². The van der Waals surface area contributed by atoms with E-state index in [1.807, 2.05) is 32.0 Å². The number of para-hydroxylation sites is 1. The number of benzene rings is 2. The third-order valence-electron chi connectivity index (χ3n) is 4.61. The van der Waals surface area contributed by atoms with Gasteiger partial charge in [0.1, 0.15) is 0 Å². The second kappa shape index (κ2) is 9.18. The predicted octanol–water partition coefficient (Wildman–Crippen LogP) is 4.59. The van der Waals surface area contributed by atoms with E-state index in [9.17, 15) is 9.59 Å². The van der Waals surface area contributed by atoms with Crippen LogP contribution in [0.25, 0.3) is 0 Å². The number of carbonyl (C=O) groups is 2. The zero-order valence-electron chi connectivity index (χ0n) is 16.1. The van der Waals surface area contributed by atoms with Crippen molar-refractivity contribution in [2.45, 2.75) is 53.0 Å². The molecule has 0 aliphatic carbocycles. The van der Waals surface area contributed by atoms with Gasteiger partial charge in [-0.25, -0.2) is 0 Å². The zero-order chi connectivity index (χ0) is 19.1. The molecule has 4 heteroatoms. The van der Waals surface area contributed by atoms with Gasteiger partial charge in [0.25, 0.3) is 11.8 Å². The molecule has 138 valence electrons. The van der Waals surface area contributed by atoms with Gasteiger partial charge in [0.2, 0.25) is 0 Å². The lowest BCUT2D eigenvalue weighted by Crippen LogP contribution is -2.32. The lowest BCUT2D eigenvalue weighted by Gasteiger charge is -2.15. The first kappa shape index (κ1) is 19.7. The molecule has 2 aromatic carbocycles. The number of aryl methyl sites for hydroxylation is 2. The summed E-state index contributed by atoms with van der Waals surface area (Å²) in [5.74, 6) is -0.351. The molecule has 0 spiro atoms. The van der Waals surface area contributed by atoms with E-state index in [0.717, 1.165) is 36.1 Å². The van der Waals surface area contributed by atoms with Gasteiger partial charge in [0, 0.05) is 22.9 Å². The molecule has 0 saturated heterocycles. The second-order valence-electron chi connectivity index (χ2n) is 6.48. The molecule has 2 rings (SSSR count). The van der Waals surface area contributed by atoms with Crippen molar-refractivity contribution in [1.82, 2.24) is 5.32 Å². The SMILES string of the molecule is CCc1cccc(CC)c1NC(=O)c1cccc(C(=O)NC(C)CC)c1. The number of anilines is 1. The van der Waals surface area contributed by atoms with Gasteiger partial charge in [-0.1, -0.05) is 45.0 Å². The maximum Gasteiger partial charge on any atom is 0.255 e. The lowest BCUT2D eigenvalue weighted by atomic mass is 10.0. The van der Waals surface area contributed by atoms with Crippen molar-refractivity contribution in [3.8, 4) is 0 Å². The van der Waals surface area contributed by atoms with Crippen LogP contribution in [0.2, 0.25) is 0 Å². The van der Waals surface area contributed by atoms with Crippen LogP contribution in [0.3, 0.4) is 0 Å². The fourth-order valence-electron chi connectivity index (χ4n) is 2.80. The van der Waals surface area contributed by atoms with E-state index in [-0.39, 0.29) is 17.9 Å². The fraction of sp³-hybridized carbons (Fsp3) is 0.364. The summed E-state index contributed by atoms with van der Waals surface area (Å²) in [7, 11) is 0. The van der Waals surface area contributed by atoms with E-state index in [4.69, 9.17) is 0 Å². The Labute approximate surface area is 156 Å². The van der Waals surface area contributed by atoms with E-state index >= 15 is 0 Å². The predicted molar refractivity (Wildman–Crippen MR) is 107 cm³/mol. The summed E-state index contributed by atoms with van der Waals surface area (Å²) >= 11 is 0. The summed E-state index contributed by atoms with van der Waals surface area (Å²) in [6, 6.07) is 13.0. The monoisotopic (exact) mass is 352 g/mol. The molecule has 2 amide bonds. The summed E-state index contributed by atoms with van der Waals surface area (Å²) < 4.78 is 0. The fourth-order valence-corrected chi connectivity index (χ4v) is 2.80. The highest BCUT2D eigenvalue weighted by Crippen LogP contribution is 2.23. The summed E-state index contributed by atoms with van der Waals surface area (Å²) in [5.41, 5.74) is 4.09. The molecule has 26 heavy (non-hydrogen) atoms. The Morgan fingerprint density at radius 2 is 1.42 bits per heavy atom. The Hall–Kier alpha value is -2.62. The van der Waals surface area contributed by atoms with Gasteiger partial charge in [-0.2, -0.15) is 0 Å². The minimum atomic E-state index is -0.196. The van der Waals surface area contributed by atoms with Crippen LogP contribution in [0.1, 0.15) is 66.0 Å². The lowest BCUT2D eigenvalue weighted by molar-refractivity contribution is 0.0939. The van der Waals surface area contributed by atoms with Crippen LogP contribution < -0.4 is 10.6 Å². The van der Waals surface area contributed by atoms with Gasteiger partial charge in [0.15, 0.2) is 0 Å². The van der Waals surface area contributed by atoms with Crippen LogP contribution in [0.5, 0.6) is 0 Å². The number of hydrogen-bond acceptors (Lipinski definition) is 2. The normalized spacial score (nSPS) is 11.7. The molecule has 0 heterocycles. The number of rotatable bonds is 7. The van der Waals surface area contributed by atoms with Gasteiger partial charge in [-0.05, 0) is 55.5 Å². The molecule has 0 radical (unpaired) electrons. The van der Waals surface area contributed by atoms with Gasteiger partial charge in [-0.15, -0.1) is 0 Å². The van der Waals surface area contributed by atoms with E-state index in [1.54, 1.807) is 24.3 Å². The molecule has 1 atom stereocenters. The zero-order valence-corrected chi connectivity index (χ0v) is 16.1. The largest absolute Gasteiger partial charge is 0.350 e. The van der Waals surface area contributed by atoms with Crippen molar-refractivity contribution < 1.29 is 9.59 Å². The number of amides is 2. The van der Waals surface area contributed by atoms with Crippen molar-refractivity contribution >= 4 is 17.5 Å². The third-order valence-corrected chi connectivity index (χ3v) is 4.61. The third kappa shape index (κ3) is 4.72. The molecule has 0 aromatic heterocycles. The molecular weight excluding hydrogens is 324 g/mol. The highest BCUT2D eigenvalue weighted by atomic mass is 16.2. The molecule has 0 saturated carbocycles. The highest BCUT2D eigenvalue weighted by Gasteiger charge is 2.14. The number of carbonyl (C=O) groups excluding carboxylic acids is 2. The van der Waals surface area contributed by atoms with Crippen LogP contribution in [0.15, 0.2) is 42.5 Å². The highest BCUT2D eigenvalue weighted by molar-refractivity contribution is 6.06. The van der Waals surface area contributed by atoms with Crippen molar-refractivity contribution in [3.05, 3.63) is 64.7 Å². The first-order chi connectivity index (χ1) is 12.5. The van der Waals surface area contributed by atoms with Crippen molar-refractivity contribution in [2.24, 2.45) is 0 Å². The average molecular weight is 352 g/mol. The van der Waals surface area contributed by atoms with Gasteiger partial charge >= 0.3 is 0 Å². The van der Waals surface area contributed by atoms with Crippen molar-refractivity contribution in [2.75, 3.05) is 5.32 Å². The average Bonchev–Trinajstić information content (AvgIpc) is 2.67. The minimum Gasteiger partial charge on any atom is -0.350 e. The first-order valence-electron chi connectivity index (χ1n) is 9.33. The van der Waals surface area contributed by atoms with Crippen LogP contribution in [0, 0.1) is 0 Å². The molecule has 1 unspecified atom stereocenters. The quantitative estimate of drug-likeness (QED) is 0.765. The molecular formula is C22H28N2O2. The van der Waals surface area contributed by atoms with E-state index in [1.165, 1.54) is 0 Å².